The van der Waals surface area contributed by atoms with Gasteiger partial charge in [-0.05, 0) is 42.0 Å². The zero-order valence-corrected chi connectivity index (χ0v) is 17.9. The van der Waals surface area contributed by atoms with E-state index in [2.05, 4.69) is 20.5 Å². The first kappa shape index (κ1) is 20.8. The lowest BCUT2D eigenvalue weighted by molar-refractivity contribution is 0.0470. The molecule has 162 valence electrons. The van der Waals surface area contributed by atoms with Crippen LogP contribution in [0.15, 0.2) is 42.7 Å². The molecule has 0 bridgehead atoms. The Hall–Kier alpha value is -3.42. The number of aromatic nitrogens is 3. The van der Waals surface area contributed by atoms with Gasteiger partial charge in [-0.3, -0.25) is 14.9 Å². The number of benzene rings is 1. The van der Waals surface area contributed by atoms with Gasteiger partial charge in [0.25, 0.3) is 5.91 Å². The Morgan fingerprint density at radius 1 is 1.23 bits per heavy atom. The molecule has 1 aliphatic rings. The third-order valence-electron chi connectivity index (χ3n) is 5.96. The Labute approximate surface area is 180 Å². The van der Waals surface area contributed by atoms with Crippen LogP contribution >= 0.6 is 0 Å². The minimum Gasteiger partial charge on any atom is -0.465 e. The summed E-state index contributed by atoms with van der Waals surface area (Å²) in [5.41, 5.74) is 2.82. The van der Waals surface area contributed by atoms with E-state index >= 15 is 0 Å². The highest BCUT2D eigenvalue weighted by Gasteiger charge is 2.39. The fourth-order valence-corrected chi connectivity index (χ4v) is 4.30. The van der Waals surface area contributed by atoms with Crippen LogP contribution in [0.1, 0.15) is 44.1 Å². The lowest BCUT2D eigenvalue weighted by atomic mass is 9.79. The van der Waals surface area contributed by atoms with E-state index < -0.39 is 6.09 Å². The quantitative estimate of drug-likeness (QED) is 0.594. The van der Waals surface area contributed by atoms with Crippen molar-refractivity contribution in [3.8, 4) is 11.1 Å². The van der Waals surface area contributed by atoms with Crippen molar-refractivity contribution < 1.29 is 14.7 Å². The molecule has 31 heavy (non-hydrogen) atoms. The smallest absolute Gasteiger partial charge is 0.407 e. The highest BCUT2D eigenvalue weighted by atomic mass is 16.4. The van der Waals surface area contributed by atoms with Crippen LogP contribution in [0.4, 0.5) is 4.79 Å². The first-order valence-electron chi connectivity index (χ1n) is 10.4. The average Bonchev–Trinajstić information content (AvgIpc) is 3.17. The maximum Gasteiger partial charge on any atom is 0.407 e. The van der Waals surface area contributed by atoms with Gasteiger partial charge in [0.1, 0.15) is 0 Å². The van der Waals surface area contributed by atoms with Crippen LogP contribution in [0.3, 0.4) is 0 Å². The number of pyridine rings is 1. The summed E-state index contributed by atoms with van der Waals surface area (Å²) in [7, 11) is 0. The molecule has 4 rings (SSSR count). The third kappa shape index (κ3) is 4.23. The van der Waals surface area contributed by atoms with Crippen LogP contribution in [0.25, 0.3) is 22.0 Å². The van der Waals surface area contributed by atoms with Crippen molar-refractivity contribution in [2.24, 2.45) is 5.41 Å². The standard InChI is InChI=1S/C23H27N5O3/c1-23(2,3)19-12-16(8-10-28(19)22(30)31)25-21(29)20-17-11-14(6-7-18(17)26-27-20)15-5-4-9-24-13-15/h4-7,9,11,13,16,19H,8,10,12H2,1-3H3,(H,25,29)(H,26,27)(H,30,31). The molecule has 1 aromatic carbocycles. The molecule has 0 saturated carbocycles. The second kappa shape index (κ2) is 8.02. The van der Waals surface area contributed by atoms with Gasteiger partial charge in [0, 0.05) is 42.0 Å². The summed E-state index contributed by atoms with van der Waals surface area (Å²) in [6, 6.07) is 9.37. The zero-order valence-electron chi connectivity index (χ0n) is 17.9. The van der Waals surface area contributed by atoms with Gasteiger partial charge >= 0.3 is 6.09 Å². The molecule has 2 atom stereocenters. The van der Waals surface area contributed by atoms with Crippen molar-refractivity contribution in [1.29, 1.82) is 0 Å². The first-order chi connectivity index (χ1) is 14.7. The minimum absolute atomic E-state index is 0.111. The summed E-state index contributed by atoms with van der Waals surface area (Å²) in [5, 5.41) is 20.6. The molecule has 0 spiro atoms. The molecule has 8 nitrogen and oxygen atoms in total. The fourth-order valence-electron chi connectivity index (χ4n) is 4.30. The normalized spacial score (nSPS) is 19.4. The number of likely N-dealkylation sites (tertiary alicyclic amines) is 1. The van der Waals surface area contributed by atoms with Gasteiger partial charge in [0.2, 0.25) is 0 Å². The SMILES string of the molecule is CC(C)(C)C1CC(NC(=O)c2n[nH]c3ccc(-c4cccnc4)cc23)CCN1C(=O)O. The average molecular weight is 422 g/mol. The van der Waals surface area contributed by atoms with Crippen molar-refractivity contribution >= 4 is 22.9 Å². The third-order valence-corrected chi connectivity index (χ3v) is 5.96. The predicted molar refractivity (Wildman–Crippen MR) is 118 cm³/mol. The van der Waals surface area contributed by atoms with Crippen molar-refractivity contribution in [1.82, 2.24) is 25.4 Å². The number of fused-ring (bicyclic) bond motifs is 1. The zero-order chi connectivity index (χ0) is 22.2. The highest BCUT2D eigenvalue weighted by molar-refractivity contribution is 6.05. The van der Waals surface area contributed by atoms with Crippen molar-refractivity contribution in [2.45, 2.75) is 45.7 Å². The fraction of sp³-hybridized carbons (Fsp3) is 0.391. The van der Waals surface area contributed by atoms with Crippen molar-refractivity contribution in [2.75, 3.05) is 6.54 Å². The Bertz CT molecular complexity index is 1100. The van der Waals surface area contributed by atoms with E-state index in [1.54, 1.807) is 12.4 Å². The number of rotatable bonds is 3. The summed E-state index contributed by atoms with van der Waals surface area (Å²) < 4.78 is 0. The van der Waals surface area contributed by atoms with Gasteiger partial charge in [-0.1, -0.05) is 32.9 Å². The number of hydrogen-bond acceptors (Lipinski definition) is 4. The van der Waals surface area contributed by atoms with Crippen LogP contribution in [-0.2, 0) is 0 Å². The number of piperidine rings is 1. The van der Waals surface area contributed by atoms with E-state index in [4.69, 9.17) is 0 Å². The largest absolute Gasteiger partial charge is 0.465 e. The van der Waals surface area contributed by atoms with Crippen LogP contribution in [0, 0.1) is 5.41 Å². The number of carbonyl (C=O) groups excluding carboxylic acids is 1. The highest BCUT2D eigenvalue weighted by Crippen LogP contribution is 2.32. The second-order valence-corrected chi connectivity index (χ2v) is 9.13. The molecular weight excluding hydrogens is 394 g/mol. The molecule has 1 fully saturated rings. The van der Waals surface area contributed by atoms with E-state index in [0.29, 0.717) is 25.1 Å². The first-order valence-corrected chi connectivity index (χ1v) is 10.4. The number of amides is 2. The summed E-state index contributed by atoms with van der Waals surface area (Å²) in [5.74, 6) is -0.254. The molecule has 1 saturated heterocycles. The van der Waals surface area contributed by atoms with E-state index in [1.807, 2.05) is 51.1 Å². The summed E-state index contributed by atoms with van der Waals surface area (Å²) in [4.78, 5) is 30.4. The number of carbonyl (C=O) groups is 2. The molecular formula is C23H27N5O3. The van der Waals surface area contributed by atoms with Gasteiger partial charge < -0.3 is 15.3 Å². The molecule has 0 radical (unpaired) electrons. The Balaban J connectivity index is 1.55. The number of nitrogens with one attached hydrogen (secondary N) is 2. The van der Waals surface area contributed by atoms with E-state index in [9.17, 15) is 14.7 Å². The molecule has 2 amide bonds. The van der Waals surface area contributed by atoms with Gasteiger partial charge in [0.05, 0.1) is 5.52 Å². The molecule has 3 heterocycles. The maximum atomic E-state index is 13.1. The number of carboxylic acid groups (broad SMARTS) is 1. The van der Waals surface area contributed by atoms with Gasteiger partial charge in [-0.2, -0.15) is 5.10 Å². The number of hydrogen-bond donors (Lipinski definition) is 3. The molecule has 8 heteroatoms. The predicted octanol–water partition coefficient (Wildman–Crippen LogP) is 3.91. The minimum atomic E-state index is -0.911. The lowest BCUT2D eigenvalue weighted by Gasteiger charge is -2.44. The summed E-state index contributed by atoms with van der Waals surface area (Å²) in [6.07, 6.45) is 3.74. The van der Waals surface area contributed by atoms with E-state index in [-0.39, 0.29) is 23.4 Å². The Kier molecular flexibility index (Phi) is 5.39. The Morgan fingerprint density at radius 3 is 2.71 bits per heavy atom. The molecule has 3 N–H and O–H groups in total. The lowest BCUT2D eigenvalue weighted by Crippen LogP contribution is -2.56. The van der Waals surface area contributed by atoms with Crippen LogP contribution < -0.4 is 5.32 Å². The van der Waals surface area contributed by atoms with Crippen molar-refractivity contribution in [3.05, 3.63) is 48.4 Å². The number of H-pyrrole nitrogens is 1. The van der Waals surface area contributed by atoms with Crippen molar-refractivity contribution in [3.63, 3.8) is 0 Å². The molecule has 3 aromatic rings. The maximum absolute atomic E-state index is 13.1. The Morgan fingerprint density at radius 2 is 2.03 bits per heavy atom. The number of nitrogens with zero attached hydrogens (tertiary/aromatic N) is 3. The second-order valence-electron chi connectivity index (χ2n) is 9.13. The van der Waals surface area contributed by atoms with E-state index in [1.165, 1.54) is 4.90 Å². The topological polar surface area (TPSA) is 111 Å². The number of aromatic amines is 1. The van der Waals surface area contributed by atoms with Crippen LogP contribution in [0.2, 0.25) is 0 Å². The summed E-state index contributed by atoms with van der Waals surface area (Å²) in [6.45, 7) is 6.48. The molecule has 0 aliphatic carbocycles. The van der Waals surface area contributed by atoms with Crippen LogP contribution in [-0.4, -0.2) is 55.8 Å². The molecule has 2 unspecified atom stereocenters. The monoisotopic (exact) mass is 421 g/mol. The molecule has 2 aromatic heterocycles. The van der Waals surface area contributed by atoms with Gasteiger partial charge in [-0.25, -0.2) is 4.79 Å². The van der Waals surface area contributed by atoms with Gasteiger partial charge in [0.15, 0.2) is 5.69 Å². The van der Waals surface area contributed by atoms with E-state index in [0.717, 1.165) is 22.0 Å². The van der Waals surface area contributed by atoms with Crippen LogP contribution in [0.5, 0.6) is 0 Å². The molecule has 1 aliphatic heterocycles. The summed E-state index contributed by atoms with van der Waals surface area (Å²) >= 11 is 0. The van der Waals surface area contributed by atoms with Gasteiger partial charge in [-0.15, -0.1) is 0 Å².